The van der Waals surface area contributed by atoms with Crippen LogP contribution >= 0.6 is 0 Å². The van der Waals surface area contributed by atoms with Gasteiger partial charge in [-0.2, -0.15) is 30.7 Å². The maximum Gasteiger partial charge on any atom is 1.00 e. The standard InChI is InChI=1S/C15H10F8O3S.Na/c16-11(7-13(17,18)19)15(22,23)14(20,21)10-6-5-8-3-1-2-4-9(8)12(10)27(24,25)26;/h1-6,11H,7H2,(H,24,25,26);/q;+1/p-1. The number of hydrogen-bond acceptors (Lipinski definition) is 3. The fraction of sp³-hybridized carbons (Fsp3) is 0.333. The van der Waals surface area contributed by atoms with Gasteiger partial charge >= 0.3 is 47.6 Å². The number of hydrogen-bond donors (Lipinski definition) is 0. The van der Waals surface area contributed by atoms with Gasteiger partial charge in [-0.05, 0) is 10.8 Å². The molecule has 0 aliphatic heterocycles. The second-order valence-electron chi connectivity index (χ2n) is 5.60. The van der Waals surface area contributed by atoms with Crippen LogP contribution in [0.15, 0.2) is 41.3 Å². The molecule has 3 nitrogen and oxygen atoms in total. The molecule has 2 rings (SSSR count). The van der Waals surface area contributed by atoms with E-state index in [2.05, 4.69) is 0 Å². The summed E-state index contributed by atoms with van der Waals surface area (Å²) in [6, 6.07) is 5.43. The fourth-order valence-corrected chi connectivity index (χ4v) is 3.39. The molecular weight excluding hydrogens is 435 g/mol. The Morgan fingerprint density at radius 2 is 1.46 bits per heavy atom. The summed E-state index contributed by atoms with van der Waals surface area (Å²) in [6.45, 7) is 0. The summed E-state index contributed by atoms with van der Waals surface area (Å²) in [5.41, 5.74) is -2.08. The molecule has 1 unspecified atom stereocenters. The Labute approximate surface area is 175 Å². The molecule has 0 bridgehead atoms. The van der Waals surface area contributed by atoms with E-state index in [1.54, 1.807) is 0 Å². The molecule has 0 aromatic heterocycles. The third-order valence-corrected chi connectivity index (χ3v) is 4.63. The van der Waals surface area contributed by atoms with Crippen LogP contribution in [0.1, 0.15) is 12.0 Å². The van der Waals surface area contributed by atoms with Gasteiger partial charge in [-0.15, -0.1) is 0 Å². The summed E-state index contributed by atoms with van der Waals surface area (Å²) in [4.78, 5) is -1.75. The van der Waals surface area contributed by atoms with Gasteiger partial charge in [-0.3, -0.25) is 0 Å². The molecule has 2 aromatic carbocycles. The van der Waals surface area contributed by atoms with E-state index in [9.17, 15) is 48.1 Å². The molecule has 0 fully saturated rings. The van der Waals surface area contributed by atoms with Crippen molar-refractivity contribution in [2.45, 2.75) is 35.5 Å². The van der Waals surface area contributed by atoms with Gasteiger partial charge in [-0.1, -0.05) is 36.4 Å². The van der Waals surface area contributed by atoms with E-state index in [0.29, 0.717) is 0 Å². The van der Waals surface area contributed by atoms with Crippen LogP contribution in [-0.4, -0.2) is 31.2 Å². The van der Waals surface area contributed by atoms with Crippen molar-refractivity contribution in [2.24, 2.45) is 0 Å². The van der Waals surface area contributed by atoms with Crippen molar-refractivity contribution in [1.29, 1.82) is 0 Å². The van der Waals surface area contributed by atoms with Gasteiger partial charge in [0.05, 0.1) is 11.3 Å². The predicted molar refractivity (Wildman–Crippen MR) is 76.3 cm³/mol. The normalized spacial score (nSPS) is 14.6. The first-order valence-corrected chi connectivity index (χ1v) is 8.44. The molecule has 0 amide bonds. The molecule has 28 heavy (non-hydrogen) atoms. The number of rotatable bonds is 5. The van der Waals surface area contributed by atoms with Crippen LogP contribution in [0.25, 0.3) is 10.8 Å². The van der Waals surface area contributed by atoms with Gasteiger partial charge in [0.1, 0.15) is 10.1 Å². The Balaban J connectivity index is 0.00000392. The van der Waals surface area contributed by atoms with E-state index < -0.39 is 56.6 Å². The van der Waals surface area contributed by atoms with Crippen molar-refractivity contribution in [2.75, 3.05) is 0 Å². The van der Waals surface area contributed by atoms with Gasteiger partial charge in [0.15, 0.2) is 6.17 Å². The molecule has 0 saturated carbocycles. The topological polar surface area (TPSA) is 57.2 Å². The molecular formula is C15H9F8NaO3S. The molecule has 2 aromatic rings. The van der Waals surface area contributed by atoms with Crippen molar-refractivity contribution in [3.63, 3.8) is 0 Å². The number of benzene rings is 2. The molecule has 0 N–H and O–H groups in total. The second-order valence-corrected chi connectivity index (χ2v) is 6.92. The third kappa shape index (κ3) is 4.78. The predicted octanol–water partition coefficient (Wildman–Crippen LogP) is 1.77. The Hall–Kier alpha value is -0.950. The maximum atomic E-state index is 14.3. The summed E-state index contributed by atoms with van der Waals surface area (Å²) >= 11 is 0. The van der Waals surface area contributed by atoms with Crippen molar-refractivity contribution >= 4 is 20.9 Å². The average Bonchev–Trinajstić information content (AvgIpc) is 2.50. The summed E-state index contributed by atoms with van der Waals surface area (Å²) in [6.07, 6.45) is -12.8. The molecule has 0 aliphatic rings. The van der Waals surface area contributed by atoms with E-state index in [0.717, 1.165) is 18.2 Å². The zero-order valence-electron chi connectivity index (χ0n) is 13.9. The molecule has 0 heterocycles. The first-order chi connectivity index (χ1) is 12.1. The third-order valence-electron chi connectivity index (χ3n) is 3.69. The van der Waals surface area contributed by atoms with Crippen LogP contribution in [0, 0.1) is 0 Å². The zero-order chi connectivity index (χ0) is 20.8. The quantitative estimate of drug-likeness (QED) is 0.402. The Morgan fingerprint density at radius 1 is 0.929 bits per heavy atom. The van der Waals surface area contributed by atoms with Crippen molar-refractivity contribution in [1.82, 2.24) is 0 Å². The summed E-state index contributed by atoms with van der Waals surface area (Å²) < 4.78 is 140. The molecule has 150 valence electrons. The number of halogens is 8. The SMILES string of the molecule is O=S(=O)([O-])c1c(C(F)(F)C(F)(F)C(F)CC(F)(F)F)ccc2ccccc12.[Na+]. The minimum absolute atomic E-state index is 0. The van der Waals surface area contributed by atoms with E-state index in [1.807, 2.05) is 0 Å². The fourth-order valence-electron chi connectivity index (χ4n) is 2.47. The van der Waals surface area contributed by atoms with Crippen molar-refractivity contribution < 1.29 is 77.7 Å². The zero-order valence-corrected chi connectivity index (χ0v) is 16.7. The van der Waals surface area contributed by atoms with Gasteiger partial charge in [-0.25, -0.2) is 12.8 Å². The Morgan fingerprint density at radius 3 is 1.96 bits per heavy atom. The molecule has 0 aliphatic carbocycles. The van der Waals surface area contributed by atoms with Gasteiger partial charge in [0.2, 0.25) is 0 Å². The monoisotopic (exact) mass is 444 g/mol. The first kappa shape index (κ1) is 25.1. The maximum absolute atomic E-state index is 14.3. The number of alkyl halides is 8. The smallest absolute Gasteiger partial charge is 0.744 e. The Kier molecular flexibility index (Phi) is 7.22. The molecule has 1 atom stereocenters. The molecule has 0 spiro atoms. The Bertz CT molecular complexity index is 959. The van der Waals surface area contributed by atoms with Gasteiger partial charge in [0.25, 0.3) is 0 Å². The van der Waals surface area contributed by atoms with Gasteiger partial charge < -0.3 is 4.55 Å². The minimum atomic E-state index is -5.94. The van der Waals surface area contributed by atoms with Crippen molar-refractivity contribution in [3.05, 3.63) is 42.0 Å². The van der Waals surface area contributed by atoms with E-state index in [4.69, 9.17) is 0 Å². The second kappa shape index (κ2) is 8.05. The molecule has 13 heteroatoms. The molecule has 0 radical (unpaired) electrons. The van der Waals surface area contributed by atoms with E-state index >= 15 is 0 Å². The number of fused-ring (bicyclic) bond motifs is 1. The largest absolute Gasteiger partial charge is 1.00 e. The van der Waals surface area contributed by atoms with Crippen LogP contribution in [0.3, 0.4) is 0 Å². The van der Waals surface area contributed by atoms with Crippen LogP contribution in [0.2, 0.25) is 0 Å². The van der Waals surface area contributed by atoms with E-state index in [1.165, 1.54) is 12.1 Å². The van der Waals surface area contributed by atoms with Crippen LogP contribution in [0.5, 0.6) is 0 Å². The van der Waals surface area contributed by atoms with Crippen LogP contribution in [0.4, 0.5) is 35.1 Å². The summed E-state index contributed by atoms with van der Waals surface area (Å²) in [5.74, 6) is -11.7. The summed E-state index contributed by atoms with van der Waals surface area (Å²) in [7, 11) is -5.77. The van der Waals surface area contributed by atoms with Crippen LogP contribution < -0.4 is 29.6 Å². The molecule has 0 saturated heterocycles. The van der Waals surface area contributed by atoms with Crippen LogP contribution in [-0.2, 0) is 16.0 Å². The van der Waals surface area contributed by atoms with Crippen molar-refractivity contribution in [3.8, 4) is 0 Å². The van der Waals surface area contributed by atoms with E-state index in [-0.39, 0.29) is 41.0 Å². The first-order valence-electron chi connectivity index (χ1n) is 7.03. The average molecular weight is 444 g/mol. The summed E-state index contributed by atoms with van der Waals surface area (Å²) in [5, 5.41) is -0.728. The van der Waals surface area contributed by atoms with Gasteiger partial charge in [0, 0.05) is 5.56 Å². The minimum Gasteiger partial charge on any atom is -0.744 e.